The van der Waals surface area contributed by atoms with Gasteiger partial charge in [0.2, 0.25) is 11.8 Å². The van der Waals surface area contributed by atoms with Crippen LogP contribution in [-0.2, 0) is 16.0 Å². The Labute approximate surface area is 228 Å². The Morgan fingerprint density at radius 2 is 1.77 bits per heavy atom. The van der Waals surface area contributed by atoms with Gasteiger partial charge in [0.25, 0.3) is 5.91 Å². The van der Waals surface area contributed by atoms with Crippen molar-refractivity contribution in [3.05, 3.63) is 77.6 Å². The summed E-state index contributed by atoms with van der Waals surface area (Å²) in [7, 11) is 0. The molecule has 4 aromatic rings. The summed E-state index contributed by atoms with van der Waals surface area (Å²) in [6.07, 6.45) is -3.50. The number of halogens is 4. The van der Waals surface area contributed by atoms with Crippen LogP contribution in [0.1, 0.15) is 28.8 Å². The van der Waals surface area contributed by atoms with E-state index in [0.717, 1.165) is 41.8 Å². The van der Waals surface area contributed by atoms with Crippen LogP contribution >= 0.6 is 11.3 Å². The highest BCUT2D eigenvalue weighted by molar-refractivity contribution is 7.22. The molecule has 0 saturated heterocycles. The maximum absolute atomic E-state index is 14.4. The first-order chi connectivity index (χ1) is 19.0. The molecule has 1 fully saturated rings. The monoisotopic (exact) mass is 572 g/mol. The van der Waals surface area contributed by atoms with Gasteiger partial charge in [0, 0.05) is 17.2 Å². The first-order valence-corrected chi connectivity index (χ1v) is 12.8. The van der Waals surface area contributed by atoms with Crippen molar-refractivity contribution in [2.75, 3.05) is 16.0 Å². The number of amides is 3. The molecule has 3 amide bonds. The van der Waals surface area contributed by atoms with E-state index < -0.39 is 29.7 Å². The lowest BCUT2D eigenvalue weighted by atomic mass is 10.1. The molecule has 1 aromatic heterocycles. The van der Waals surface area contributed by atoms with Crippen molar-refractivity contribution in [3.63, 3.8) is 0 Å². The van der Waals surface area contributed by atoms with Crippen molar-refractivity contribution in [3.8, 4) is 5.75 Å². The molecule has 3 N–H and O–H groups in total. The van der Waals surface area contributed by atoms with E-state index in [2.05, 4.69) is 25.7 Å². The number of nitrogens with one attached hydrogen (secondary N) is 3. The predicted octanol–water partition coefficient (Wildman–Crippen LogP) is 6.12. The van der Waals surface area contributed by atoms with E-state index in [1.807, 2.05) is 0 Å². The van der Waals surface area contributed by atoms with Crippen LogP contribution in [-0.4, -0.2) is 29.1 Å². The number of hydrogen-bond donors (Lipinski definition) is 3. The van der Waals surface area contributed by atoms with Gasteiger partial charge in [0.15, 0.2) is 5.13 Å². The first kappa shape index (κ1) is 27.1. The summed E-state index contributed by atoms with van der Waals surface area (Å²) in [5.74, 6) is -2.59. The summed E-state index contributed by atoms with van der Waals surface area (Å²) in [5, 5.41) is 8.31. The number of ether oxygens (including phenoxy) is 1. The second kappa shape index (κ2) is 10.9. The van der Waals surface area contributed by atoms with Gasteiger partial charge >= 0.3 is 6.36 Å². The molecule has 5 rings (SSSR count). The third kappa shape index (κ3) is 6.91. The molecule has 1 aliphatic rings. The van der Waals surface area contributed by atoms with Gasteiger partial charge in [0.1, 0.15) is 11.6 Å². The molecule has 0 atom stereocenters. The zero-order valence-corrected chi connectivity index (χ0v) is 21.3. The number of carbonyl (C=O) groups excluding carboxylic acids is 3. The number of fused-ring (bicyclic) bond motifs is 1. The normalized spacial score (nSPS) is 13.1. The average molecular weight is 573 g/mol. The van der Waals surface area contributed by atoms with Crippen LogP contribution in [0.4, 0.5) is 34.1 Å². The van der Waals surface area contributed by atoms with Crippen LogP contribution in [0.3, 0.4) is 0 Å². The molecule has 3 aromatic carbocycles. The number of thiazole rings is 1. The van der Waals surface area contributed by atoms with Gasteiger partial charge < -0.3 is 20.7 Å². The van der Waals surface area contributed by atoms with Crippen molar-refractivity contribution < 1.29 is 36.7 Å². The standard InChI is InChI=1S/C27H20F4N4O4S/c28-19-8-6-16(12-21(19)33-23(36)11-14-2-1-3-18(10-14)39-27(29,30)31)25(38)32-17-7-9-20-22(13-17)40-26(34-20)35-24(37)15-4-5-15/h1-3,6-10,12-13,15H,4-5,11H2,(H,32,38)(H,33,36)(H,34,35,37). The van der Waals surface area contributed by atoms with E-state index in [0.29, 0.717) is 16.3 Å². The fourth-order valence-electron chi connectivity index (χ4n) is 3.81. The van der Waals surface area contributed by atoms with E-state index in [9.17, 15) is 31.9 Å². The fourth-order valence-corrected chi connectivity index (χ4v) is 4.71. The van der Waals surface area contributed by atoms with E-state index in [1.54, 1.807) is 18.2 Å². The van der Waals surface area contributed by atoms with Gasteiger partial charge in [0.05, 0.1) is 22.3 Å². The predicted molar refractivity (Wildman–Crippen MR) is 141 cm³/mol. The topological polar surface area (TPSA) is 109 Å². The van der Waals surface area contributed by atoms with Gasteiger partial charge in [-0.1, -0.05) is 23.5 Å². The summed E-state index contributed by atoms with van der Waals surface area (Å²) in [4.78, 5) is 41.7. The third-order valence-electron chi connectivity index (χ3n) is 5.82. The largest absolute Gasteiger partial charge is 0.573 e. The maximum atomic E-state index is 14.4. The van der Waals surface area contributed by atoms with Crippen LogP contribution in [0.5, 0.6) is 5.75 Å². The van der Waals surface area contributed by atoms with Gasteiger partial charge in [-0.15, -0.1) is 13.2 Å². The van der Waals surface area contributed by atoms with Gasteiger partial charge in [-0.05, 0) is 66.9 Å². The van der Waals surface area contributed by atoms with Crippen molar-refractivity contribution in [2.45, 2.75) is 25.6 Å². The second-order valence-corrected chi connectivity index (χ2v) is 10.1. The molecule has 13 heteroatoms. The molecule has 40 heavy (non-hydrogen) atoms. The molecule has 1 saturated carbocycles. The lowest BCUT2D eigenvalue weighted by Crippen LogP contribution is -2.18. The SMILES string of the molecule is O=C(Cc1cccc(OC(F)(F)F)c1)Nc1cc(C(=O)Nc2ccc3nc(NC(=O)C4CC4)sc3c2)ccc1F. The number of nitrogens with zero attached hydrogens (tertiary/aromatic N) is 1. The summed E-state index contributed by atoms with van der Waals surface area (Å²) >= 11 is 1.27. The molecule has 0 spiro atoms. The van der Waals surface area contributed by atoms with E-state index >= 15 is 0 Å². The lowest BCUT2D eigenvalue weighted by molar-refractivity contribution is -0.274. The van der Waals surface area contributed by atoms with Gasteiger partial charge in [-0.3, -0.25) is 14.4 Å². The Morgan fingerprint density at radius 3 is 2.52 bits per heavy atom. The summed E-state index contributed by atoms with van der Waals surface area (Å²) in [5.41, 5.74) is 1.09. The second-order valence-electron chi connectivity index (χ2n) is 9.03. The Balaban J connectivity index is 1.23. The minimum atomic E-state index is -4.88. The maximum Gasteiger partial charge on any atom is 0.573 e. The van der Waals surface area contributed by atoms with Crippen LogP contribution in [0.15, 0.2) is 60.7 Å². The highest BCUT2D eigenvalue weighted by Crippen LogP contribution is 2.33. The van der Waals surface area contributed by atoms with Gasteiger partial charge in [-0.2, -0.15) is 0 Å². The van der Waals surface area contributed by atoms with Crippen molar-refractivity contribution in [1.29, 1.82) is 0 Å². The average Bonchev–Trinajstić information content (AvgIpc) is 3.65. The molecule has 0 aliphatic heterocycles. The minimum Gasteiger partial charge on any atom is -0.406 e. The quantitative estimate of drug-likeness (QED) is 0.221. The number of aromatic nitrogens is 1. The van der Waals surface area contributed by atoms with Crippen molar-refractivity contribution in [2.24, 2.45) is 5.92 Å². The number of alkyl halides is 3. The molecule has 0 unspecified atom stereocenters. The molecular weight excluding hydrogens is 552 g/mol. The summed E-state index contributed by atoms with van der Waals surface area (Å²) in [6.45, 7) is 0. The molecule has 8 nitrogen and oxygen atoms in total. The molecule has 1 heterocycles. The van der Waals surface area contributed by atoms with Crippen LogP contribution in [0.25, 0.3) is 10.2 Å². The smallest absolute Gasteiger partial charge is 0.406 e. The van der Waals surface area contributed by atoms with E-state index in [-0.39, 0.29) is 35.1 Å². The molecule has 0 radical (unpaired) electrons. The van der Waals surface area contributed by atoms with Crippen LogP contribution in [0.2, 0.25) is 0 Å². The number of benzene rings is 3. The number of anilines is 3. The third-order valence-corrected chi connectivity index (χ3v) is 6.76. The zero-order chi connectivity index (χ0) is 28.4. The Morgan fingerprint density at radius 1 is 0.975 bits per heavy atom. The number of rotatable bonds is 8. The molecular formula is C27H20F4N4O4S. The fraction of sp³-hybridized carbons (Fsp3) is 0.185. The number of carbonyl (C=O) groups is 3. The Hall–Kier alpha value is -4.52. The molecule has 1 aliphatic carbocycles. The summed E-state index contributed by atoms with van der Waals surface area (Å²) < 4.78 is 56.3. The van der Waals surface area contributed by atoms with Crippen LogP contribution in [0, 0.1) is 11.7 Å². The van der Waals surface area contributed by atoms with Crippen molar-refractivity contribution >= 4 is 55.8 Å². The van der Waals surface area contributed by atoms with Crippen LogP contribution < -0.4 is 20.7 Å². The molecule has 206 valence electrons. The Bertz CT molecular complexity index is 1620. The first-order valence-electron chi connectivity index (χ1n) is 12.0. The highest BCUT2D eigenvalue weighted by atomic mass is 32.1. The Kier molecular flexibility index (Phi) is 7.39. The minimum absolute atomic E-state index is 0.0382. The summed E-state index contributed by atoms with van der Waals surface area (Å²) in [6, 6.07) is 13.3. The molecule has 0 bridgehead atoms. The lowest BCUT2D eigenvalue weighted by Gasteiger charge is -2.11. The van der Waals surface area contributed by atoms with Crippen molar-refractivity contribution in [1.82, 2.24) is 4.98 Å². The number of hydrogen-bond acceptors (Lipinski definition) is 6. The zero-order valence-electron chi connectivity index (χ0n) is 20.5. The van der Waals surface area contributed by atoms with Gasteiger partial charge in [-0.25, -0.2) is 9.37 Å². The van der Waals surface area contributed by atoms with E-state index in [4.69, 9.17) is 0 Å². The van der Waals surface area contributed by atoms with E-state index in [1.165, 1.54) is 29.5 Å². The highest BCUT2D eigenvalue weighted by Gasteiger charge is 2.31.